The summed E-state index contributed by atoms with van der Waals surface area (Å²) < 4.78 is 37.8. The highest BCUT2D eigenvalue weighted by Gasteiger charge is 2.29. The molecule has 2 heterocycles. The highest BCUT2D eigenvalue weighted by molar-refractivity contribution is 6.00. The summed E-state index contributed by atoms with van der Waals surface area (Å²) in [7, 11) is 0. The number of carbonyl (C=O) groups excluding carboxylic acids is 1. The van der Waals surface area contributed by atoms with Crippen molar-refractivity contribution in [2.24, 2.45) is 0 Å². The maximum atomic E-state index is 12.6. The number of hydrogen-bond acceptors (Lipinski definition) is 2. The van der Waals surface area contributed by atoms with Crippen LogP contribution in [0.3, 0.4) is 0 Å². The standard InChI is InChI=1S/C21H15F3N4O/c22-21(23,24)14-5-9-16(10-6-14)28-20(29)27-15-7-3-13(4-8-15)18-12-26-19-17(18)2-1-11-25-19/h1-12H,(H,25,26)(H2,27,28,29). The number of halogens is 3. The number of aromatic nitrogens is 2. The maximum absolute atomic E-state index is 12.6. The van der Waals surface area contributed by atoms with Gasteiger partial charge in [-0.25, -0.2) is 9.78 Å². The van der Waals surface area contributed by atoms with Gasteiger partial charge in [0.05, 0.1) is 5.56 Å². The van der Waals surface area contributed by atoms with Crippen molar-refractivity contribution in [3.63, 3.8) is 0 Å². The molecule has 0 fully saturated rings. The molecule has 0 saturated carbocycles. The molecule has 2 amide bonds. The van der Waals surface area contributed by atoms with Crippen molar-refractivity contribution < 1.29 is 18.0 Å². The maximum Gasteiger partial charge on any atom is 0.416 e. The van der Waals surface area contributed by atoms with Crippen molar-refractivity contribution in [2.45, 2.75) is 6.18 Å². The van der Waals surface area contributed by atoms with Crippen LogP contribution in [0.1, 0.15) is 5.56 Å². The van der Waals surface area contributed by atoms with Crippen LogP contribution < -0.4 is 10.6 Å². The van der Waals surface area contributed by atoms with Gasteiger partial charge in [0.2, 0.25) is 0 Å². The molecular formula is C21H15F3N4O. The van der Waals surface area contributed by atoms with E-state index < -0.39 is 17.8 Å². The summed E-state index contributed by atoms with van der Waals surface area (Å²) in [5, 5.41) is 6.15. The van der Waals surface area contributed by atoms with Gasteiger partial charge in [0.25, 0.3) is 0 Å². The minimum absolute atomic E-state index is 0.262. The van der Waals surface area contributed by atoms with E-state index >= 15 is 0 Å². The van der Waals surface area contributed by atoms with Gasteiger partial charge in [-0.1, -0.05) is 12.1 Å². The lowest BCUT2D eigenvalue weighted by Gasteiger charge is -2.10. The van der Waals surface area contributed by atoms with Gasteiger partial charge in [-0.2, -0.15) is 13.2 Å². The number of nitrogens with one attached hydrogen (secondary N) is 3. The van der Waals surface area contributed by atoms with Crippen LogP contribution in [0.2, 0.25) is 0 Å². The number of fused-ring (bicyclic) bond motifs is 1. The summed E-state index contributed by atoms with van der Waals surface area (Å²) in [5.74, 6) is 0. The third-order valence-electron chi connectivity index (χ3n) is 4.37. The van der Waals surface area contributed by atoms with E-state index in [4.69, 9.17) is 0 Å². The summed E-state index contributed by atoms with van der Waals surface area (Å²) >= 11 is 0. The summed E-state index contributed by atoms with van der Waals surface area (Å²) in [6.45, 7) is 0. The second-order valence-corrected chi connectivity index (χ2v) is 6.33. The first-order chi connectivity index (χ1) is 13.9. The number of nitrogens with zero attached hydrogens (tertiary/aromatic N) is 1. The van der Waals surface area contributed by atoms with E-state index in [-0.39, 0.29) is 5.69 Å². The fraction of sp³-hybridized carbons (Fsp3) is 0.0476. The van der Waals surface area contributed by atoms with Crippen LogP contribution in [0.4, 0.5) is 29.3 Å². The van der Waals surface area contributed by atoms with Gasteiger partial charge < -0.3 is 15.6 Å². The highest BCUT2D eigenvalue weighted by atomic mass is 19.4. The monoisotopic (exact) mass is 396 g/mol. The van der Waals surface area contributed by atoms with Crippen molar-refractivity contribution in [1.82, 2.24) is 9.97 Å². The van der Waals surface area contributed by atoms with Crippen LogP contribution >= 0.6 is 0 Å². The third kappa shape index (κ3) is 4.06. The zero-order valence-electron chi connectivity index (χ0n) is 14.9. The first-order valence-corrected chi connectivity index (χ1v) is 8.68. The molecule has 146 valence electrons. The predicted octanol–water partition coefficient (Wildman–Crippen LogP) is 5.89. The number of rotatable bonds is 3. The Hall–Kier alpha value is -3.81. The zero-order chi connectivity index (χ0) is 20.4. The van der Waals surface area contributed by atoms with Crippen LogP contribution in [-0.2, 0) is 6.18 Å². The molecule has 5 nitrogen and oxygen atoms in total. The number of anilines is 2. The van der Waals surface area contributed by atoms with E-state index in [9.17, 15) is 18.0 Å². The molecular weight excluding hydrogens is 381 g/mol. The van der Waals surface area contributed by atoms with E-state index in [1.54, 1.807) is 18.3 Å². The molecule has 4 aromatic rings. The van der Waals surface area contributed by atoms with Crippen LogP contribution in [0.25, 0.3) is 22.2 Å². The Kier molecular flexibility index (Phi) is 4.67. The van der Waals surface area contributed by atoms with Crippen molar-refractivity contribution >= 4 is 28.4 Å². The van der Waals surface area contributed by atoms with Gasteiger partial charge in [0.15, 0.2) is 0 Å². The van der Waals surface area contributed by atoms with Crippen LogP contribution in [0.15, 0.2) is 73.1 Å². The number of aromatic amines is 1. The summed E-state index contributed by atoms with van der Waals surface area (Å²) in [6, 6.07) is 14.8. The van der Waals surface area contributed by atoms with Crippen molar-refractivity contribution in [1.29, 1.82) is 0 Å². The van der Waals surface area contributed by atoms with Crippen molar-refractivity contribution in [2.75, 3.05) is 10.6 Å². The Morgan fingerprint density at radius 2 is 1.52 bits per heavy atom. The SMILES string of the molecule is O=C(Nc1ccc(-c2c[nH]c3ncccc23)cc1)Nc1ccc(C(F)(F)F)cc1. The largest absolute Gasteiger partial charge is 0.416 e. The average Bonchev–Trinajstić information content (AvgIpc) is 3.12. The smallest absolute Gasteiger partial charge is 0.346 e. The minimum Gasteiger partial charge on any atom is -0.346 e. The van der Waals surface area contributed by atoms with Gasteiger partial charge in [-0.05, 0) is 54.1 Å². The molecule has 8 heteroatoms. The second-order valence-electron chi connectivity index (χ2n) is 6.33. The van der Waals surface area contributed by atoms with Gasteiger partial charge in [0.1, 0.15) is 5.65 Å². The lowest BCUT2D eigenvalue weighted by atomic mass is 10.1. The molecule has 4 rings (SSSR count). The Labute approximate surface area is 163 Å². The van der Waals surface area contributed by atoms with E-state index in [0.29, 0.717) is 5.69 Å². The lowest BCUT2D eigenvalue weighted by molar-refractivity contribution is -0.137. The van der Waals surface area contributed by atoms with Crippen molar-refractivity contribution in [3.8, 4) is 11.1 Å². The Morgan fingerprint density at radius 1 is 0.897 bits per heavy atom. The second kappa shape index (κ2) is 7.31. The zero-order valence-corrected chi connectivity index (χ0v) is 14.9. The molecule has 0 aliphatic heterocycles. The quantitative estimate of drug-likeness (QED) is 0.404. The first-order valence-electron chi connectivity index (χ1n) is 8.68. The number of urea groups is 1. The van der Waals surface area contributed by atoms with Gasteiger partial charge >= 0.3 is 12.2 Å². The molecule has 29 heavy (non-hydrogen) atoms. The Balaban J connectivity index is 1.43. The molecule has 0 aliphatic carbocycles. The average molecular weight is 396 g/mol. The van der Waals surface area contributed by atoms with Gasteiger partial charge in [0, 0.05) is 34.7 Å². The van der Waals surface area contributed by atoms with E-state index in [2.05, 4.69) is 20.6 Å². The summed E-state index contributed by atoms with van der Waals surface area (Å²) in [4.78, 5) is 19.5. The van der Waals surface area contributed by atoms with Crippen molar-refractivity contribution in [3.05, 3.63) is 78.6 Å². The number of alkyl halides is 3. The molecule has 0 bridgehead atoms. The van der Waals surface area contributed by atoms with Crippen LogP contribution in [0, 0.1) is 0 Å². The summed E-state index contributed by atoms with van der Waals surface area (Å²) in [5.41, 5.74) is 2.79. The molecule has 0 radical (unpaired) electrons. The highest BCUT2D eigenvalue weighted by Crippen LogP contribution is 2.30. The minimum atomic E-state index is -4.41. The van der Waals surface area contributed by atoms with Gasteiger partial charge in [-0.15, -0.1) is 0 Å². The molecule has 0 atom stereocenters. The van der Waals surface area contributed by atoms with Crippen LogP contribution in [0.5, 0.6) is 0 Å². The van der Waals surface area contributed by atoms with E-state index in [1.165, 1.54) is 12.1 Å². The summed E-state index contributed by atoms with van der Waals surface area (Å²) in [6.07, 6.45) is -0.828. The van der Waals surface area contributed by atoms with E-state index in [0.717, 1.165) is 34.3 Å². The lowest BCUT2D eigenvalue weighted by Crippen LogP contribution is -2.19. The molecule has 2 aromatic carbocycles. The molecule has 2 aromatic heterocycles. The third-order valence-corrected chi connectivity index (χ3v) is 4.37. The number of benzene rings is 2. The van der Waals surface area contributed by atoms with Gasteiger partial charge in [-0.3, -0.25) is 0 Å². The number of amides is 2. The fourth-order valence-electron chi connectivity index (χ4n) is 2.96. The molecule has 0 aliphatic rings. The Morgan fingerprint density at radius 3 is 2.14 bits per heavy atom. The van der Waals surface area contributed by atoms with E-state index in [1.807, 2.05) is 30.5 Å². The molecule has 0 unspecified atom stereocenters. The molecule has 3 N–H and O–H groups in total. The fourth-order valence-corrected chi connectivity index (χ4v) is 2.96. The first kappa shape index (κ1) is 18.5. The number of hydrogen-bond donors (Lipinski definition) is 3. The number of pyridine rings is 1. The molecule has 0 saturated heterocycles. The number of carbonyl (C=O) groups is 1. The number of H-pyrrole nitrogens is 1. The molecule has 0 spiro atoms. The normalized spacial score (nSPS) is 11.4. The Bertz CT molecular complexity index is 1150. The predicted molar refractivity (Wildman–Crippen MR) is 106 cm³/mol. The van der Waals surface area contributed by atoms with Crippen LogP contribution in [-0.4, -0.2) is 16.0 Å². The topological polar surface area (TPSA) is 69.8 Å².